The molecule has 8 heteroatoms. The van der Waals surface area contributed by atoms with Gasteiger partial charge in [0.05, 0.1) is 4.92 Å². The van der Waals surface area contributed by atoms with Gasteiger partial charge < -0.3 is 10.4 Å². The Morgan fingerprint density at radius 1 is 1.58 bits per heavy atom. The van der Waals surface area contributed by atoms with Gasteiger partial charge in [-0.1, -0.05) is 0 Å². The van der Waals surface area contributed by atoms with Crippen LogP contribution in [-0.4, -0.2) is 31.3 Å². The summed E-state index contributed by atoms with van der Waals surface area (Å²) in [5.74, 6) is -0.608. The molecule has 0 spiro atoms. The molecule has 2 N–H and O–H groups in total. The highest BCUT2D eigenvalue weighted by Gasteiger charge is 2.29. The van der Waals surface area contributed by atoms with Crippen molar-refractivity contribution in [3.63, 3.8) is 0 Å². The Labute approximate surface area is 110 Å². The van der Waals surface area contributed by atoms with E-state index in [2.05, 4.69) is 10.4 Å². The van der Waals surface area contributed by atoms with Crippen LogP contribution in [0.1, 0.15) is 32.4 Å². The fourth-order valence-corrected chi connectivity index (χ4v) is 1.81. The fourth-order valence-electron chi connectivity index (χ4n) is 1.81. The van der Waals surface area contributed by atoms with E-state index in [1.165, 1.54) is 4.68 Å². The maximum Gasteiger partial charge on any atom is 0.333 e. The standard InChI is InChI=1S/C11H18N4O4/c1-7-9(15(18)19)10(14(4)13-7)12-11(2,3)6-5-8(16)17/h12H,5-6H2,1-4H3,(H,16,17). The van der Waals surface area contributed by atoms with Crippen molar-refractivity contribution in [2.75, 3.05) is 5.32 Å². The molecule has 8 nitrogen and oxygen atoms in total. The van der Waals surface area contributed by atoms with Crippen molar-refractivity contribution < 1.29 is 14.8 Å². The van der Waals surface area contributed by atoms with Gasteiger partial charge in [0.15, 0.2) is 0 Å². The first-order chi connectivity index (χ1) is 8.64. The molecule has 0 bridgehead atoms. The van der Waals surface area contributed by atoms with Gasteiger partial charge in [0, 0.05) is 19.0 Å². The SMILES string of the molecule is Cc1nn(C)c(NC(C)(C)CCC(=O)O)c1[N+](=O)[O-]. The Morgan fingerprint density at radius 2 is 2.16 bits per heavy atom. The van der Waals surface area contributed by atoms with E-state index in [1.54, 1.807) is 27.8 Å². The van der Waals surface area contributed by atoms with Gasteiger partial charge in [-0.25, -0.2) is 4.68 Å². The summed E-state index contributed by atoms with van der Waals surface area (Å²) in [7, 11) is 1.61. The highest BCUT2D eigenvalue weighted by atomic mass is 16.6. The average molecular weight is 270 g/mol. The lowest BCUT2D eigenvalue weighted by Crippen LogP contribution is -2.32. The van der Waals surface area contributed by atoms with Crippen LogP contribution in [0.15, 0.2) is 0 Å². The molecule has 0 atom stereocenters. The molecular formula is C11H18N4O4. The van der Waals surface area contributed by atoms with E-state index in [-0.39, 0.29) is 17.9 Å². The van der Waals surface area contributed by atoms with Crippen LogP contribution >= 0.6 is 0 Å². The summed E-state index contributed by atoms with van der Waals surface area (Å²) in [4.78, 5) is 21.1. The third-order valence-corrected chi connectivity index (χ3v) is 2.79. The molecule has 0 aliphatic rings. The first-order valence-corrected chi connectivity index (χ1v) is 5.82. The number of hydrogen-bond donors (Lipinski definition) is 2. The van der Waals surface area contributed by atoms with E-state index in [9.17, 15) is 14.9 Å². The normalized spacial score (nSPS) is 11.4. The van der Waals surface area contributed by atoms with Crippen molar-refractivity contribution in [3.05, 3.63) is 15.8 Å². The molecule has 1 rings (SSSR count). The van der Waals surface area contributed by atoms with Crippen LogP contribution in [0.2, 0.25) is 0 Å². The molecule has 0 saturated carbocycles. The van der Waals surface area contributed by atoms with Crippen LogP contribution in [-0.2, 0) is 11.8 Å². The van der Waals surface area contributed by atoms with E-state index >= 15 is 0 Å². The number of nitrogens with one attached hydrogen (secondary N) is 1. The first-order valence-electron chi connectivity index (χ1n) is 5.82. The van der Waals surface area contributed by atoms with Crippen LogP contribution in [0.3, 0.4) is 0 Å². The number of rotatable bonds is 6. The largest absolute Gasteiger partial charge is 0.481 e. The number of carboxylic acid groups (broad SMARTS) is 1. The summed E-state index contributed by atoms with van der Waals surface area (Å²) in [5.41, 5.74) is -0.335. The summed E-state index contributed by atoms with van der Waals surface area (Å²) in [6.07, 6.45) is 0.342. The summed E-state index contributed by atoms with van der Waals surface area (Å²) in [6.45, 7) is 5.15. The van der Waals surface area contributed by atoms with Crippen LogP contribution in [0.5, 0.6) is 0 Å². The molecule has 0 aromatic carbocycles. The number of anilines is 1. The monoisotopic (exact) mass is 270 g/mol. The number of hydrogen-bond acceptors (Lipinski definition) is 5. The summed E-state index contributed by atoms with van der Waals surface area (Å²) >= 11 is 0. The van der Waals surface area contributed by atoms with Gasteiger partial charge in [0.25, 0.3) is 0 Å². The predicted octanol–water partition coefficient (Wildman–Crippen LogP) is 1.69. The van der Waals surface area contributed by atoms with Crippen molar-refractivity contribution in [2.24, 2.45) is 7.05 Å². The van der Waals surface area contributed by atoms with Crippen molar-refractivity contribution in [1.29, 1.82) is 0 Å². The molecule has 106 valence electrons. The molecule has 1 aromatic heterocycles. The Hall–Kier alpha value is -2.12. The summed E-state index contributed by atoms with van der Waals surface area (Å²) < 4.78 is 1.40. The van der Waals surface area contributed by atoms with Crippen LogP contribution in [0.25, 0.3) is 0 Å². The van der Waals surface area contributed by atoms with Crippen LogP contribution in [0.4, 0.5) is 11.5 Å². The zero-order valence-corrected chi connectivity index (χ0v) is 11.4. The van der Waals surface area contributed by atoms with Crippen molar-refractivity contribution >= 4 is 17.5 Å². The third-order valence-electron chi connectivity index (χ3n) is 2.79. The minimum atomic E-state index is -0.898. The van der Waals surface area contributed by atoms with Crippen LogP contribution in [0, 0.1) is 17.0 Å². The molecule has 0 aliphatic heterocycles. The number of aromatic nitrogens is 2. The Bertz CT molecular complexity index is 507. The van der Waals surface area contributed by atoms with Crippen molar-refractivity contribution in [1.82, 2.24) is 9.78 Å². The molecule has 1 aromatic rings. The number of aliphatic carboxylic acids is 1. The second-order valence-corrected chi connectivity index (χ2v) is 5.07. The minimum Gasteiger partial charge on any atom is -0.481 e. The number of carbonyl (C=O) groups is 1. The molecule has 0 amide bonds. The lowest BCUT2D eigenvalue weighted by molar-refractivity contribution is -0.384. The van der Waals surface area contributed by atoms with E-state index in [4.69, 9.17) is 5.11 Å². The van der Waals surface area contributed by atoms with Gasteiger partial charge in [-0.3, -0.25) is 14.9 Å². The maximum atomic E-state index is 11.0. The topological polar surface area (TPSA) is 110 Å². The smallest absolute Gasteiger partial charge is 0.333 e. The lowest BCUT2D eigenvalue weighted by Gasteiger charge is -2.26. The molecule has 0 fully saturated rings. The third kappa shape index (κ3) is 3.67. The predicted molar refractivity (Wildman–Crippen MR) is 69.2 cm³/mol. The average Bonchev–Trinajstić information content (AvgIpc) is 2.50. The molecule has 0 unspecified atom stereocenters. The van der Waals surface area contributed by atoms with E-state index in [1.807, 2.05) is 0 Å². The van der Waals surface area contributed by atoms with Crippen molar-refractivity contribution in [3.8, 4) is 0 Å². The molecule has 19 heavy (non-hydrogen) atoms. The van der Waals surface area contributed by atoms with Crippen molar-refractivity contribution in [2.45, 2.75) is 39.2 Å². The fraction of sp³-hybridized carbons (Fsp3) is 0.636. The lowest BCUT2D eigenvalue weighted by atomic mass is 9.98. The Balaban J connectivity index is 2.98. The highest BCUT2D eigenvalue weighted by molar-refractivity contribution is 5.67. The number of nitro groups is 1. The highest BCUT2D eigenvalue weighted by Crippen LogP contribution is 2.30. The van der Waals surface area contributed by atoms with E-state index in [0.29, 0.717) is 12.1 Å². The number of carboxylic acids is 1. The number of aryl methyl sites for hydroxylation is 2. The van der Waals surface area contributed by atoms with Crippen LogP contribution < -0.4 is 5.32 Å². The molecular weight excluding hydrogens is 252 g/mol. The minimum absolute atomic E-state index is 0.00929. The van der Waals surface area contributed by atoms with Gasteiger partial charge in [-0.2, -0.15) is 5.10 Å². The summed E-state index contributed by atoms with van der Waals surface area (Å²) in [5, 5.41) is 26.7. The molecule has 0 saturated heterocycles. The van der Waals surface area contributed by atoms with Gasteiger partial charge in [-0.05, 0) is 27.2 Å². The van der Waals surface area contributed by atoms with Gasteiger partial charge in [-0.15, -0.1) is 0 Å². The first kappa shape index (κ1) is 14.9. The molecule has 1 heterocycles. The maximum absolute atomic E-state index is 11.0. The summed E-state index contributed by atoms with van der Waals surface area (Å²) in [6, 6.07) is 0. The Morgan fingerprint density at radius 3 is 2.63 bits per heavy atom. The zero-order valence-electron chi connectivity index (χ0n) is 11.4. The van der Waals surface area contributed by atoms with E-state index in [0.717, 1.165) is 0 Å². The van der Waals surface area contributed by atoms with Gasteiger partial charge in [0.1, 0.15) is 5.69 Å². The molecule has 0 radical (unpaired) electrons. The Kier molecular flexibility index (Phi) is 4.13. The quantitative estimate of drug-likeness (QED) is 0.601. The number of nitrogens with zero attached hydrogens (tertiary/aromatic N) is 3. The second-order valence-electron chi connectivity index (χ2n) is 5.07. The second kappa shape index (κ2) is 5.25. The van der Waals surface area contributed by atoms with E-state index < -0.39 is 16.4 Å². The molecule has 0 aliphatic carbocycles. The van der Waals surface area contributed by atoms with Gasteiger partial charge >= 0.3 is 11.7 Å². The van der Waals surface area contributed by atoms with Gasteiger partial charge in [0.2, 0.25) is 5.82 Å². The zero-order chi connectivity index (χ0) is 14.8.